The van der Waals surface area contributed by atoms with Crippen molar-refractivity contribution >= 4 is 23.5 Å². The van der Waals surface area contributed by atoms with E-state index < -0.39 is 12.0 Å². The Hall–Kier alpha value is -0.770. The Morgan fingerprint density at radius 1 is 1.79 bits per heavy atom. The lowest BCUT2D eigenvalue weighted by molar-refractivity contribution is -0.148. The van der Waals surface area contributed by atoms with Gasteiger partial charge in [0.2, 0.25) is 5.91 Å². The summed E-state index contributed by atoms with van der Waals surface area (Å²) < 4.78 is 0. The number of rotatable bonds is 4. The fourth-order valence-corrected chi connectivity index (χ4v) is 1.95. The van der Waals surface area contributed by atoms with Crippen molar-refractivity contribution in [3.63, 3.8) is 0 Å². The van der Waals surface area contributed by atoms with Gasteiger partial charge in [0, 0.05) is 13.0 Å². The number of carboxylic acids is 1. The van der Waals surface area contributed by atoms with Crippen LogP contribution in [0.1, 0.15) is 26.2 Å². The molecule has 1 heterocycles. The van der Waals surface area contributed by atoms with Gasteiger partial charge in [-0.2, -0.15) is 0 Å². The van der Waals surface area contributed by atoms with Gasteiger partial charge in [-0.15, -0.1) is 11.6 Å². The molecule has 1 amide bonds. The number of carbonyl (C=O) groups is 2. The molecule has 0 bridgehead atoms. The van der Waals surface area contributed by atoms with Gasteiger partial charge in [-0.05, 0) is 6.42 Å². The molecule has 2 atom stereocenters. The zero-order chi connectivity index (χ0) is 10.7. The summed E-state index contributed by atoms with van der Waals surface area (Å²) in [6.07, 6.45) is 1.49. The van der Waals surface area contributed by atoms with E-state index in [0.717, 1.165) is 6.42 Å². The molecule has 14 heavy (non-hydrogen) atoms. The first kappa shape index (κ1) is 11.3. The standard InChI is InChI=1S/C9H14ClNO3/c1-2-3-7(9(13)14)11-5-6(10)4-8(11)12/h6-7H,2-5H2,1H3,(H,13,14)/t6?,7-/m0/s1. The molecule has 0 saturated carbocycles. The lowest BCUT2D eigenvalue weighted by Crippen LogP contribution is -2.42. The topological polar surface area (TPSA) is 57.6 Å². The van der Waals surface area contributed by atoms with Crippen molar-refractivity contribution in [1.82, 2.24) is 4.90 Å². The average Bonchev–Trinajstić information content (AvgIpc) is 2.40. The minimum Gasteiger partial charge on any atom is -0.480 e. The van der Waals surface area contributed by atoms with Gasteiger partial charge in [-0.25, -0.2) is 4.79 Å². The minimum absolute atomic E-state index is 0.147. The van der Waals surface area contributed by atoms with Gasteiger partial charge in [-0.3, -0.25) is 4.79 Å². The number of hydrogen-bond acceptors (Lipinski definition) is 2. The van der Waals surface area contributed by atoms with Gasteiger partial charge in [-0.1, -0.05) is 13.3 Å². The lowest BCUT2D eigenvalue weighted by atomic mass is 10.1. The second kappa shape index (κ2) is 4.64. The van der Waals surface area contributed by atoms with E-state index in [2.05, 4.69) is 0 Å². The Kier molecular flexibility index (Phi) is 3.75. The fraction of sp³-hybridized carbons (Fsp3) is 0.778. The molecule has 4 nitrogen and oxygen atoms in total. The van der Waals surface area contributed by atoms with E-state index >= 15 is 0 Å². The highest BCUT2D eigenvalue weighted by Crippen LogP contribution is 2.21. The summed E-state index contributed by atoms with van der Waals surface area (Å²) in [5.41, 5.74) is 0. The van der Waals surface area contributed by atoms with Gasteiger partial charge in [0.05, 0.1) is 5.38 Å². The molecule has 1 saturated heterocycles. The maximum Gasteiger partial charge on any atom is 0.326 e. The summed E-state index contributed by atoms with van der Waals surface area (Å²) in [6, 6.07) is -0.698. The van der Waals surface area contributed by atoms with E-state index in [1.807, 2.05) is 6.92 Å². The molecule has 0 aliphatic carbocycles. The molecule has 0 aromatic heterocycles. The van der Waals surface area contributed by atoms with Crippen molar-refractivity contribution in [2.75, 3.05) is 6.54 Å². The van der Waals surface area contributed by atoms with Crippen molar-refractivity contribution in [3.8, 4) is 0 Å². The highest BCUT2D eigenvalue weighted by atomic mass is 35.5. The Bertz CT molecular complexity index is 244. The first-order chi connectivity index (χ1) is 6.56. The number of aliphatic carboxylic acids is 1. The van der Waals surface area contributed by atoms with Gasteiger partial charge >= 0.3 is 5.97 Å². The van der Waals surface area contributed by atoms with Crippen LogP contribution < -0.4 is 0 Å². The molecule has 1 rings (SSSR count). The summed E-state index contributed by atoms with van der Waals surface area (Å²) in [4.78, 5) is 23.7. The van der Waals surface area contributed by atoms with Crippen LogP contribution in [0.25, 0.3) is 0 Å². The van der Waals surface area contributed by atoms with E-state index in [0.29, 0.717) is 13.0 Å². The molecule has 1 unspecified atom stereocenters. The van der Waals surface area contributed by atoms with Crippen LogP contribution in [0.15, 0.2) is 0 Å². The number of carboxylic acid groups (broad SMARTS) is 1. The lowest BCUT2D eigenvalue weighted by Gasteiger charge is -2.23. The normalized spacial score (nSPS) is 24.0. The molecule has 0 spiro atoms. The third kappa shape index (κ3) is 2.38. The first-order valence-corrected chi connectivity index (χ1v) is 5.16. The van der Waals surface area contributed by atoms with Crippen LogP contribution in [0, 0.1) is 0 Å². The zero-order valence-electron chi connectivity index (χ0n) is 8.07. The van der Waals surface area contributed by atoms with Gasteiger partial charge in [0.15, 0.2) is 0 Å². The number of likely N-dealkylation sites (tertiary alicyclic amines) is 1. The van der Waals surface area contributed by atoms with Crippen LogP contribution in [0.5, 0.6) is 0 Å². The number of amides is 1. The highest BCUT2D eigenvalue weighted by Gasteiger charge is 2.36. The molecule has 80 valence electrons. The Morgan fingerprint density at radius 2 is 2.43 bits per heavy atom. The molecule has 5 heteroatoms. The van der Waals surface area contributed by atoms with Crippen LogP contribution >= 0.6 is 11.6 Å². The predicted octanol–water partition coefficient (Wildman–Crippen LogP) is 1.08. The third-order valence-electron chi connectivity index (χ3n) is 2.33. The number of alkyl halides is 1. The SMILES string of the molecule is CCC[C@@H](C(=O)O)N1CC(Cl)CC1=O. The van der Waals surface area contributed by atoms with E-state index in [1.165, 1.54) is 4.90 Å². The first-order valence-electron chi connectivity index (χ1n) is 4.72. The van der Waals surface area contributed by atoms with Crippen molar-refractivity contribution < 1.29 is 14.7 Å². The van der Waals surface area contributed by atoms with Crippen LogP contribution in [0.3, 0.4) is 0 Å². The Morgan fingerprint density at radius 3 is 2.79 bits per heavy atom. The number of carbonyl (C=O) groups excluding carboxylic acids is 1. The van der Waals surface area contributed by atoms with Crippen LogP contribution in [-0.4, -0.2) is 39.8 Å². The number of hydrogen-bond donors (Lipinski definition) is 1. The molecule has 0 aromatic carbocycles. The maximum atomic E-state index is 11.4. The third-order valence-corrected chi connectivity index (χ3v) is 2.63. The summed E-state index contributed by atoms with van der Waals surface area (Å²) >= 11 is 5.80. The average molecular weight is 220 g/mol. The van der Waals surface area contributed by atoms with E-state index in [-0.39, 0.29) is 17.7 Å². The summed E-state index contributed by atoms with van der Waals surface area (Å²) in [6.45, 7) is 2.26. The summed E-state index contributed by atoms with van der Waals surface area (Å²) in [5, 5.41) is 8.70. The summed E-state index contributed by atoms with van der Waals surface area (Å²) in [5.74, 6) is -1.09. The molecule has 0 radical (unpaired) electrons. The quantitative estimate of drug-likeness (QED) is 0.720. The molecule has 1 fully saturated rings. The van der Waals surface area contributed by atoms with Crippen molar-refractivity contribution in [1.29, 1.82) is 0 Å². The Labute approximate surface area is 87.8 Å². The zero-order valence-corrected chi connectivity index (χ0v) is 8.83. The Balaban J connectivity index is 2.68. The van der Waals surface area contributed by atoms with Crippen LogP contribution in [0.2, 0.25) is 0 Å². The largest absolute Gasteiger partial charge is 0.480 e. The smallest absolute Gasteiger partial charge is 0.326 e. The fourth-order valence-electron chi connectivity index (χ4n) is 1.67. The second-order valence-corrected chi connectivity index (χ2v) is 4.11. The number of nitrogens with zero attached hydrogens (tertiary/aromatic N) is 1. The van der Waals surface area contributed by atoms with Crippen LogP contribution in [0.4, 0.5) is 0 Å². The van der Waals surface area contributed by atoms with Crippen molar-refractivity contribution in [2.24, 2.45) is 0 Å². The summed E-state index contributed by atoms with van der Waals surface area (Å²) in [7, 11) is 0. The van der Waals surface area contributed by atoms with Crippen molar-refractivity contribution in [2.45, 2.75) is 37.6 Å². The predicted molar refractivity (Wildman–Crippen MR) is 52.3 cm³/mol. The highest BCUT2D eigenvalue weighted by molar-refractivity contribution is 6.22. The van der Waals surface area contributed by atoms with Gasteiger partial charge in [0.25, 0.3) is 0 Å². The van der Waals surface area contributed by atoms with Crippen molar-refractivity contribution in [3.05, 3.63) is 0 Å². The molecule has 0 aromatic rings. The molecule has 1 aliphatic heterocycles. The van der Waals surface area contributed by atoms with Gasteiger partial charge in [0.1, 0.15) is 6.04 Å². The minimum atomic E-state index is -0.939. The van der Waals surface area contributed by atoms with E-state index in [9.17, 15) is 9.59 Å². The van der Waals surface area contributed by atoms with E-state index in [4.69, 9.17) is 16.7 Å². The maximum absolute atomic E-state index is 11.4. The van der Waals surface area contributed by atoms with Gasteiger partial charge < -0.3 is 10.0 Å². The number of halogens is 1. The van der Waals surface area contributed by atoms with E-state index in [1.54, 1.807) is 0 Å². The molecular formula is C9H14ClNO3. The second-order valence-electron chi connectivity index (χ2n) is 3.49. The molecular weight excluding hydrogens is 206 g/mol. The molecule has 1 N–H and O–H groups in total. The molecule has 1 aliphatic rings. The monoisotopic (exact) mass is 219 g/mol. The van der Waals surface area contributed by atoms with Crippen LogP contribution in [-0.2, 0) is 9.59 Å².